The molecule has 2 aromatic carbocycles. The van der Waals surface area contributed by atoms with Gasteiger partial charge in [0.05, 0.1) is 22.8 Å². The minimum absolute atomic E-state index is 0.0351. The molecule has 5 aromatic rings. The molecule has 0 unspecified atom stereocenters. The van der Waals surface area contributed by atoms with Gasteiger partial charge in [-0.2, -0.15) is 5.10 Å². The summed E-state index contributed by atoms with van der Waals surface area (Å²) in [5, 5.41) is 29.7. The third kappa shape index (κ3) is 2.46. The van der Waals surface area contributed by atoms with Crippen LogP contribution in [0, 0.1) is 6.92 Å². The van der Waals surface area contributed by atoms with E-state index < -0.39 is 0 Å². The van der Waals surface area contributed by atoms with Crippen molar-refractivity contribution in [2.24, 2.45) is 0 Å². The summed E-state index contributed by atoms with van der Waals surface area (Å²) in [5.41, 5.74) is 3.34. The summed E-state index contributed by atoms with van der Waals surface area (Å²) in [4.78, 5) is 8.99. The van der Waals surface area contributed by atoms with Gasteiger partial charge in [-0.05, 0) is 36.8 Å². The molecule has 0 atom stereocenters. The molecule has 0 saturated heterocycles. The molecular weight excluding hydrogens is 380 g/mol. The maximum atomic E-state index is 10.1. The molecule has 0 spiro atoms. The predicted octanol–water partition coefficient (Wildman–Crippen LogP) is 3.50. The molecule has 8 nitrogen and oxygen atoms in total. The fraction of sp³-hybridized carbons (Fsp3) is 0.0526. The molecule has 0 bridgehead atoms. The van der Waals surface area contributed by atoms with E-state index in [9.17, 15) is 10.2 Å². The highest BCUT2D eigenvalue weighted by molar-refractivity contribution is 6.31. The first-order chi connectivity index (χ1) is 13.5. The summed E-state index contributed by atoms with van der Waals surface area (Å²) in [6.45, 7) is 1.94. The van der Waals surface area contributed by atoms with Crippen LogP contribution >= 0.6 is 11.6 Å². The van der Waals surface area contributed by atoms with E-state index in [1.165, 1.54) is 16.6 Å². The second-order valence-corrected chi connectivity index (χ2v) is 6.78. The number of nitrogens with zero attached hydrogens (tertiary/aromatic N) is 6. The van der Waals surface area contributed by atoms with Gasteiger partial charge in [-0.15, -0.1) is 5.10 Å². The monoisotopic (exact) mass is 392 g/mol. The van der Waals surface area contributed by atoms with Crippen molar-refractivity contribution in [1.29, 1.82) is 0 Å². The van der Waals surface area contributed by atoms with Crippen LogP contribution in [0.4, 0.5) is 0 Å². The Morgan fingerprint density at radius 3 is 2.68 bits per heavy atom. The molecule has 0 aliphatic rings. The fourth-order valence-electron chi connectivity index (χ4n) is 3.05. The number of rotatable bonds is 2. The van der Waals surface area contributed by atoms with Gasteiger partial charge in [-0.1, -0.05) is 17.7 Å². The van der Waals surface area contributed by atoms with E-state index in [1.807, 2.05) is 25.1 Å². The third-order valence-corrected chi connectivity index (χ3v) is 4.93. The summed E-state index contributed by atoms with van der Waals surface area (Å²) in [6, 6.07) is 9.94. The quantitative estimate of drug-likeness (QED) is 0.476. The molecule has 9 heteroatoms. The first-order valence-electron chi connectivity index (χ1n) is 8.39. The highest BCUT2D eigenvalue weighted by atomic mass is 35.5. The normalized spacial score (nSPS) is 11.5. The number of aromatic nitrogens is 6. The number of benzene rings is 2. The third-order valence-electron chi connectivity index (χ3n) is 4.53. The maximum Gasteiger partial charge on any atom is 0.185 e. The molecule has 0 amide bonds. The first kappa shape index (κ1) is 16.5. The Hall–Kier alpha value is -3.65. The molecule has 3 aromatic heterocycles. The molecule has 0 saturated carbocycles. The number of phenols is 2. The highest BCUT2D eigenvalue weighted by Gasteiger charge is 2.16. The van der Waals surface area contributed by atoms with Crippen molar-refractivity contribution in [3.63, 3.8) is 0 Å². The second kappa shape index (κ2) is 5.93. The fourth-order valence-corrected chi connectivity index (χ4v) is 3.22. The van der Waals surface area contributed by atoms with Crippen LogP contribution < -0.4 is 0 Å². The number of phenolic OH excluding ortho intramolecular Hbond substituents is 2. The average molecular weight is 393 g/mol. The topological polar surface area (TPSA) is 101 Å². The first-order valence-corrected chi connectivity index (χ1v) is 8.77. The number of halogens is 1. The van der Waals surface area contributed by atoms with E-state index >= 15 is 0 Å². The summed E-state index contributed by atoms with van der Waals surface area (Å²) in [7, 11) is 0. The van der Waals surface area contributed by atoms with E-state index in [-0.39, 0.29) is 11.5 Å². The zero-order valence-electron chi connectivity index (χ0n) is 14.6. The molecule has 0 fully saturated rings. The van der Waals surface area contributed by atoms with E-state index in [0.717, 1.165) is 11.3 Å². The van der Waals surface area contributed by atoms with Crippen LogP contribution in [0.5, 0.6) is 11.5 Å². The van der Waals surface area contributed by atoms with Crippen molar-refractivity contribution in [2.45, 2.75) is 6.92 Å². The van der Waals surface area contributed by atoms with Gasteiger partial charge in [-0.25, -0.2) is 19.2 Å². The van der Waals surface area contributed by atoms with Crippen LogP contribution in [-0.4, -0.2) is 39.6 Å². The van der Waals surface area contributed by atoms with Crippen molar-refractivity contribution in [3.05, 3.63) is 59.5 Å². The van der Waals surface area contributed by atoms with Crippen LogP contribution in [0.15, 0.2) is 48.9 Å². The Bertz CT molecular complexity index is 1370. The van der Waals surface area contributed by atoms with E-state index in [4.69, 9.17) is 11.6 Å². The van der Waals surface area contributed by atoms with E-state index in [1.54, 1.807) is 23.3 Å². The van der Waals surface area contributed by atoms with E-state index in [0.29, 0.717) is 33.1 Å². The number of fused-ring (bicyclic) bond motifs is 3. The predicted molar refractivity (Wildman–Crippen MR) is 104 cm³/mol. The standard InChI is InChI=1S/C19H13ClN6O2/c1-10-2-3-11(6-15(10)20)26-18-14(8-22-26)19-23-17(24-25(19)9-21-18)13-5-4-12(27)7-16(13)28/h2-9,27-28H,1H3. The summed E-state index contributed by atoms with van der Waals surface area (Å²) >= 11 is 6.24. The van der Waals surface area contributed by atoms with Gasteiger partial charge in [0.15, 0.2) is 17.1 Å². The van der Waals surface area contributed by atoms with Gasteiger partial charge in [0.2, 0.25) is 0 Å². The van der Waals surface area contributed by atoms with Crippen molar-refractivity contribution < 1.29 is 10.2 Å². The largest absolute Gasteiger partial charge is 0.508 e. The Morgan fingerprint density at radius 2 is 1.89 bits per heavy atom. The van der Waals surface area contributed by atoms with Gasteiger partial charge in [0.1, 0.15) is 17.8 Å². The smallest absolute Gasteiger partial charge is 0.185 e. The van der Waals surface area contributed by atoms with Gasteiger partial charge in [-0.3, -0.25) is 0 Å². The van der Waals surface area contributed by atoms with Crippen molar-refractivity contribution in [2.75, 3.05) is 0 Å². The lowest BCUT2D eigenvalue weighted by molar-refractivity contribution is 0.451. The summed E-state index contributed by atoms with van der Waals surface area (Å²) in [5.74, 6) is 0.176. The Balaban J connectivity index is 1.69. The lowest BCUT2D eigenvalue weighted by Gasteiger charge is -2.05. The van der Waals surface area contributed by atoms with Gasteiger partial charge < -0.3 is 10.2 Å². The molecule has 0 radical (unpaired) electrons. The zero-order valence-corrected chi connectivity index (χ0v) is 15.3. The number of aryl methyl sites for hydroxylation is 1. The lowest BCUT2D eigenvalue weighted by atomic mass is 10.2. The lowest BCUT2D eigenvalue weighted by Crippen LogP contribution is -1.99. The number of hydrogen-bond acceptors (Lipinski definition) is 6. The second-order valence-electron chi connectivity index (χ2n) is 6.38. The van der Waals surface area contributed by atoms with Gasteiger partial charge in [0.25, 0.3) is 0 Å². The molecule has 0 aliphatic carbocycles. The molecule has 5 rings (SSSR count). The molecule has 138 valence electrons. The summed E-state index contributed by atoms with van der Waals surface area (Å²) < 4.78 is 3.21. The van der Waals surface area contributed by atoms with Crippen LogP contribution in [0.1, 0.15) is 5.56 Å². The highest BCUT2D eigenvalue weighted by Crippen LogP contribution is 2.31. The number of hydrogen-bond donors (Lipinski definition) is 2. The van der Waals surface area contributed by atoms with Crippen LogP contribution in [0.25, 0.3) is 33.8 Å². The van der Waals surface area contributed by atoms with Crippen LogP contribution in [-0.2, 0) is 0 Å². The molecule has 3 heterocycles. The van der Waals surface area contributed by atoms with Crippen molar-refractivity contribution in [1.82, 2.24) is 29.4 Å². The Morgan fingerprint density at radius 1 is 1.04 bits per heavy atom. The molecule has 2 N–H and O–H groups in total. The minimum Gasteiger partial charge on any atom is -0.508 e. The maximum absolute atomic E-state index is 10.1. The van der Waals surface area contributed by atoms with Crippen LogP contribution in [0.2, 0.25) is 5.02 Å². The Labute approximate surface area is 163 Å². The average Bonchev–Trinajstić information content (AvgIpc) is 3.27. The van der Waals surface area contributed by atoms with Crippen molar-refractivity contribution >= 4 is 28.3 Å². The summed E-state index contributed by atoms with van der Waals surface area (Å²) in [6.07, 6.45) is 3.21. The Kier molecular flexibility index (Phi) is 3.50. The SMILES string of the molecule is Cc1ccc(-n2ncc3c2ncn2nc(-c4ccc(O)cc4O)nc32)cc1Cl. The molecular formula is C19H13ClN6O2. The molecule has 28 heavy (non-hydrogen) atoms. The van der Waals surface area contributed by atoms with Crippen molar-refractivity contribution in [3.8, 4) is 28.6 Å². The zero-order chi connectivity index (χ0) is 19.4. The van der Waals surface area contributed by atoms with Gasteiger partial charge in [0, 0.05) is 11.1 Å². The number of aromatic hydroxyl groups is 2. The molecule has 0 aliphatic heterocycles. The minimum atomic E-state index is -0.106. The van der Waals surface area contributed by atoms with Gasteiger partial charge >= 0.3 is 0 Å². The van der Waals surface area contributed by atoms with Crippen LogP contribution in [0.3, 0.4) is 0 Å². The van der Waals surface area contributed by atoms with E-state index in [2.05, 4.69) is 20.2 Å².